The largest absolute Gasteiger partial charge is 0.396 e. The molecule has 0 heterocycles. The highest BCUT2D eigenvalue weighted by Gasteiger charge is 2.11. The highest BCUT2D eigenvalue weighted by atomic mass is 35.5. The molecule has 0 aromatic heterocycles. The molecule has 2 unspecified atom stereocenters. The zero-order chi connectivity index (χ0) is 17.5. The van der Waals surface area contributed by atoms with E-state index < -0.39 is 0 Å². The molecule has 0 radical (unpaired) electrons. The molecule has 0 saturated heterocycles. The van der Waals surface area contributed by atoms with Crippen molar-refractivity contribution in [3.63, 3.8) is 0 Å². The molecule has 128 valence electrons. The second-order valence-electron chi connectivity index (χ2n) is 5.96. The number of rotatable bonds is 7. The molecule has 0 aliphatic carbocycles. The number of hydrogen-bond acceptors (Lipinski definition) is 3. The van der Waals surface area contributed by atoms with Crippen molar-refractivity contribution in [1.82, 2.24) is 5.32 Å². The third-order valence-electron chi connectivity index (χ3n) is 4.07. The average molecular weight is 347 g/mol. The predicted molar refractivity (Wildman–Crippen MR) is 98.4 cm³/mol. The number of benzene rings is 2. The van der Waals surface area contributed by atoms with Crippen LogP contribution in [-0.4, -0.2) is 23.7 Å². The summed E-state index contributed by atoms with van der Waals surface area (Å²) < 4.78 is 0. The van der Waals surface area contributed by atoms with Crippen LogP contribution in [0.4, 0.5) is 5.69 Å². The Kier molecular flexibility index (Phi) is 6.79. The van der Waals surface area contributed by atoms with Crippen LogP contribution in [0, 0.1) is 5.92 Å². The minimum Gasteiger partial charge on any atom is -0.396 e. The smallest absolute Gasteiger partial charge is 0.257 e. The SMILES string of the molecule is CC(CO)C(C)NCc1cccc(NC(=O)c2ccccc2Cl)c1. The maximum atomic E-state index is 12.3. The number of halogens is 1. The second kappa shape index (κ2) is 8.83. The van der Waals surface area contributed by atoms with E-state index in [1.54, 1.807) is 24.3 Å². The van der Waals surface area contributed by atoms with Crippen LogP contribution < -0.4 is 10.6 Å². The molecule has 0 saturated carbocycles. The van der Waals surface area contributed by atoms with Crippen molar-refractivity contribution in [2.75, 3.05) is 11.9 Å². The van der Waals surface area contributed by atoms with Crippen LogP contribution in [0.25, 0.3) is 0 Å². The summed E-state index contributed by atoms with van der Waals surface area (Å²) in [5.74, 6) is -0.0407. The van der Waals surface area contributed by atoms with Gasteiger partial charge in [0.05, 0.1) is 10.6 Å². The first kappa shape index (κ1) is 18.5. The van der Waals surface area contributed by atoms with Gasteiger partial charge in [0.15, 0.2) is 0 Å². The Morgan fingerprint density at radius 2 is 1.92 bits per heavy atom. The van der Waals surface area contributed by atoms with Crippen LogP contribution in [-0.2, 0) is 6.54 Å². The van der Waals surface area contributed by atoms with E-state index in [-0.39, 0.29) is 24.5 Å². The summed E-state index contributed by atoms with van der Waals surface area (Å²) in [6.07, 6.45) is 0. The van der Waals surface area contributed by atoms with Gasteiger partial charge in [0.25, 0.3) is 5.91 Å². The Labute approximate surface area is 147 Å². The number of aliphatic hydroxyl groups excluding tert-OH is 1. The number of anilines is 1. The van der Waals surface area contributed by atoms with Gasteiger partial charge in [0, 0.05) is 24.9 Å². The van der Waals surface area contributed by atoms with E-state index in [0.29, 0.717) is 17.1 Å². The molecule has 3 N–H and O–H groups in total. The molecule has 2 aromatic carbocycles. The van der Waals surface area contributed by atoms with Gasteiger partial charge in [0.1, 0.15) is 0 Å². The van der Waals surface area contributed by atoms with Gasteiger partial charge < -0.3 is 15.7 Å². The van der Waals surface area contributed by atoms with E-state index in [4.69, 9.17) is 11.6 Å². The maximum absolute atomic E-state index is 12.3. The number of hydrogen-bond donors (Lipinski definition) is 3. The maximum Gasteiger partial charge on any atom is 0.257 e. The molecule has 1 amide bonds. The fourth-order valence-corrected chi connectivity index (χ4v) is 2.46. The fourth-order valence-electron chi connectivity index (χ4n) is 2.24. The molecule has 0 aliphatic rings. The van der Waals surface area contributed by atoms with Gasteiger partial charge in [-0.2, -0.15) is 0 Å². The van der Waals surface area contributed by atoms with Crippen LogP contribution in [0.15, 0.2) is 48.5 Å². The average Bonchev–Trinajstić information content (AvgIpc) is 2.59. The summed E-state index contributed by atoms with van der Waals surface area (Å²) in [6.45, 7) is 4.87. The van der Waals surface area contributed by atoms with Crippen molar-refractivity contribution in [1.29, 1.82) is 0 Å². The zero-order valence-corrected chi connectivity index (χ0v) is 14.7. The number of nitrogens with one attached hydrogen (secondary N) is 2. The van der Waals surface area contributed by atoms with E-state index in [1.165, 1.54) is 0 Å². The molecule has 0 spiro atoms. The van der Waals surface area contributed by atoms with Gasteiger partial charge in [-0.1, -0.05) is 42.8 Å². The first-order valence-electron chi connectivity index (χ1n) is 8.00. The van der Waals surface area contributed by atoms with Gasteiger partial charge in [-0.3, -0.25) is 4.79 Å². The molecule has 0 fully saturated rings. The molecular formula is C19H23ClN2O2. The van der Waals surface area contributed by atoms with Crippen LogP contribution in [0.1, 0.15) is 29.8 Å². The molecule has 0 bridgehead atoms. The van der Waals surface area contributed by atoms with Crippen LogP contribution in [0.3, 0.4) is 0 Å². The van der Waals surface area contributed by atoms with Gasteiger partial charge in [-0.25, -0.2) is 0 Å². The quantitative estimate of drug-likeness (QED) is 0.716. The molecular weight excluding hydrogens is 324 g/mol. The standard InChI is InChI=1S/C19H23ClN2O2/c1-13(12-23)14(2)21-11-15-6-5-7-16(10-15)22-19(24)17-8-3-4-9-18(17)20/h3-10,13-14,21,23H,11-12H2,1-2H3,(H,22,24). The highest BCUT2D eigenvalue weighted by Crippen LogP contribution is 2.18. The highest BCUT2D eigenvalue weighted by molar-refractivity contribution is 6.34. The third kappa shape index (κ3) is 5.06. The lowest BCUT2D eigenvalue weighted by Crippen LogP contribution is -2.33. The normalized spacial score (nSPS) is 13.3. The van der Waals surface area contributed by atoms with Crippen molar-refractivity contribution in [3.05, 3.63) is 64.7 Å². The Hall–Kier alpha value is -1.88. The summed E-state index contributed by atoms with van der Waals surface area (Å²) in [7, 11) is 0. The van der Waals surface area contributed by atoms with Crippen molar-refractivity contribution >= 4 is 23.2 Å². The first-order valence-corrected chi connectivity index (χ1v) is 8.38. The van der Waals surface area contributed by atoms with Crippen LogP contribution in [0.5, 0.6) is 0 Å². The van der Waals surface area contributed by atoms with E-state index in [9.17, 15) is 9.90 Å². The van der Waals surface area contributed by atoms with Crippen molar-refractivity contribution in [3.8, 4) is 0 Å². The van der Waals surface area contributed by atoms with E-state index >= 15 is 0 Å². The lowest BCUT2D eigenvalue weighted by Gasteiger charge is -2.19. The molecule has 2 aromatic rings. The third-order valence-corrected chi connectivity index (χ3v) is 4.40. The Morgan fingerprint density at radius 1 is 1.17 bits per heavy atom. The topological polar surface area (TPSA) is 61.4 Å². The van der Waals surface area contributed by atoms with Crippen LogP contribution in [0.2, 0.25) is 5.02 Å². The van der Waals surface area contributed by atoms with Gasteiger partial charge in [0.2, 0.25) is 0 Å². The van der Waals surface area contributed by atoms with Gasteiger partial charge in [-0.05, 0) is 42.7 Å². The van der Waals surface area contributed by atoms with Gasteiger partial charge in [-0.15, -0.1) is 0 Å². The van der Waals surface area contributed by atoms with E-state index in [2.05, 4.69) is 10.6 Å². The second-order valence-corrected chi connectivity index (χ2v) is 6.37. The fraction of sp³-hybridized carbons (Fsp3) is 0.316. The summed E-state index contributed by atoms with van der Waals surface area (Å²) in [4.78, 5) is 12.3. The number of amides is 1. The molecule has 5 heteroatoms. The number of carbonyl (C=O) groups is 1. The van der Waals surface area contributed by atoms with Crippen LogP contribution >= 0.6 is 11.6 Å². The Morgan fingerprint density at radius 3 is 2.62 bits per heavy atom. The first-order chi connectivity index (χ1) is 11.5. The van der Waals surface area contributed by atoms with Crippen molar-refractivity contribution in [2.45, 2.75) is 26.4 Å². The monoisotopic (exact) mass is 346 g/mol. The van der Waals surface area contributed by atoms with Crippen molar-refractivity contribution < 1.29 is 9.90 Å². The summed E-state index contributed by atoms with van der Waals surface area (Å²) >= 11 is 6.05. The Balaban J connectivity index is 2.00. The lowest BCUT2D eigenvalue weighted by atomic mass is 10.0. The molecule has 4 nitrogen and oxygen atoms in total. The Bertz CT molecular complexity index is 691. The van der Waals surface area contributed by atoms with E-state index in [0.717, 1.165) is 11.3 Å². The van der Waals surface area contributed by atoms with Crippen molar-refractivity contribution in [2.24, 2.45) is 5.92 Å². The lowest BCUT2D eigenvalue weighted by molar-refractivity contribution is 0.102. The zero-order valence-electron chi connectivity index (χ0n) is 13.9. The summed E-state index contributed by atoms with van der Waals surface area (Å²) in [5.41, 5.74) is 2.24. The number of carbonyl (C=O) groups excluding carboxylic acids is 1. The molecule has 0 aliphatic heterocycles. The molecule has 2 atom stereocenters. The predicted octanol–water partition coefficient (Wildman–Crippen LogP) is 3.70. The summed E-state index contributed by atoms with van der Waals surface area (Å²) in [6, 6.07) is 14.8. The van der Waals surface area contributed by atoms with E-state index in [1.807, 2.05) is 38.1 Å². The minimum atomic E-state index is -0.229. The summed E-state index contributed by atoms with van der Waals surface area (Å²) in [5, 5.41) is 15.9. The van der Waals surface area contributed by atoms with Gasteiger partial charge >= 0.3 is 0 Å². The molecule has 2 rings (SSSR count). The minimum absolute atomic E-state index is 0.155. The number of aliphatic hydroxyl groups is 1. The molecule has 24 heavy (non-hydrogen) atoms.